The molecule has 0 amide bonds. The Hall–Kier alpha value is -1.87. The predicted octanol–water partition coefficient (Wildman–Crippen LogP) is 2.73. The molecule has 0 bridgehead atoms. The van der Waals surface area contributed by atoms with Gasteiger partial charge in [0.2, 0.25) is 0 Å². The molecule has 0 saturated carbocycles. The minimum atomic E-state index is 0.00646. The molecular weight excluding hydrogens is 212 g/mol. The van der Waals surface area contributed by atoms with Crippen LogP contribution in [0, 0.1) is 0 Å². The summed E-state index contributed by atoms with van der Waals surface area (Å²) in [6.07, 6.45) is 1.75. The first-order chi connectivity index (χ1) is 8.36. The Kier molecular flexibility index (Phi) is 3.73. The van der Waals surface area contributed by atoms with Gasteiger partial charge in [0.15, 0.2) is 0 Å². The third-order valence-corrected chi connectivity index (χ3v) is 2.68. The second kappa shape index (κ2) is 5.46. The molecule has 0 radical (unpaired) electrons. The van der Waals surface area contributed by atoms with Crippen molar-refractivity contribution in [3.63, 3.8) is 0 Å². The van der Waals surface area contributed by atoms with Crippen molar-refractivity contribution >= 4 is 11.5 Å². The van der Waals surface area contributed by atoms with Crippen LogP contribution in [0.3, 0.4) is 0 Å². The Bertz CT molecular complexity index is 471. The number of aromatic nitrogens is 1. The molecule has 0 aliphatic rings. The van der Waals surface area contributed by atoms with Gasteiger partial charge in [-0.05, 0) is 25.1 Å². The van der Waals surface area contributed by atoms with Gasteiger partial charge in [-0.2, -0.15) is 0 Å². The van der Waals surface area contributed by atoms with Gasteiger partial charge in [-0.1, -0.05) is 24.3 Å². The predicted molar refractivity (Wildman–Crippen MR) is 69.3 cm³/mol. The number of nitrogens with zero attached hydrogens (tertiary/aromatic N) is 2. The second-order valence-corrected chi connectivity index (χ2v) is 3.72. The first-order valence-corrected chi connectivity index (χ1v) is 5.74. The van der Waals surface area contributed by atoms with Crippen LogP contribution in [-0.4, -0.2) is 16.6 Å². The molecule has 2 rings (SSSR count). The molecule has 0 saturated heterocycles. The van der Waals surface area contributed by atoms with Gasteiger partial charge in [-0.3, -0.25) is 0 Å². The number of anilines is 2. The largest absolute Gasteiger partial charge is 0.392 e. The minimum absolute atomic E-state index is 0.00646. The van der Waals surface area contributed by atoms with E-state index >= 15 is 0 Å². The molecule has 17 heavy (non-hydrogen) atoms. The van der Waals surface area contributed by atoms with Crippen molar-refractivity contribution in [2.45, 2.75) is 13.5 Å². The van der Waals surface area contributed by atoms with E-state index in [1.54, 1.807) is 6.20 Å². The molecule has 3 heteroatoms. The maximum Gasteiger partial charge on any atom is 0.138 e. The van der Waals surface area contributed by atoms with Crippen molar-refractivity contribution in [3.05, 3.63) is 54.2 Å². The van der Waals surface area contributed by atoms with Crippen molar-refractivity contribution in [2.24, 2.45) is 0 Å². The Morgan fingerprint density at radius 1 is 1.12 bits per heavy atom. The molecule has 2 aromatic rings. The van der Waals surface area contributed by atoms with Crippen molar-refractivity contribution in [3.8, 4) is 0 Å². The molecule has 0 unspecified atom stereocenters. The summed E-state index contributed by atoms with van der Waals surface area (Å²) in [5, 5.41) is 9.34. The smallest absolute Gasteiger partial charge is 0.138 e. The maximum absolute atomic E-state index is 9.34. The lowest BCUT2D eigenvalue weighted by Gasteiger charge is -2.23. The summed E-state index contributed by atoms with van der Waals surface area (Å²) in [5.41, 5.74) is 1.93. The third-order valence-electron chi connectivity index (χ3n) is 2.68. The van der Waals surface area contributed by atoms with Gasteiger partial charge in [-0.15, -0.1) is 0 Å². The van der Waals surface area contributed by atoms with Crippen molar-refractivity contribution < 1.29 is 5.11 Å². The van der Waals surface area contributed by atoms with Crippen LogP contribution in [0.1, 0.15) is 12.5 Å². The van der Waals surface area contributed by atoms with Crippen molar-refractivity contribution in [2.75, 3.05) is 11.4 Å². The average molecular weight is 228 g/mol. The van der Waals surface area contributed by atoms with Crippen molar-refractivity contribution in [1.82, 2.24) is 4.98 Å². The molecule has 0 fully saturated rings. The van der Waals surface area contributed by atoms with Gasteiger partial charge in [-0.25, -0.2) is 4.98 Å². The van der Waals surface area contributed by atoms with E-state index in [0.717, 1.165) is 23.6 Å². The SMILES string of the molecule is CCN(c1ccccc1)c1ncccc1CO. The molecule has 1 heterocycles. The first-order valence-electron chi connectivity index (χ1n) is 5.74. The Morgan fingerprint density at radius 3 is 2.53 bits per heavy atom. The summed E-state index contributed by atoms with van der Waals surface area (Å²) in [5.74, 6) is 0.823. The summed E-state index contributed by atoms with van der Waals surface area (Å²) >= 11 is 0. The zero-order chi connectivity index (χ0) is 12.1. The molecule has 1 N–H and O–H groups in total. The number of aliphatic hydroxyl groups is 1. The summed E-state index contributed by atoms with van der Waals surface area (Å²) in [7, 11) is 0. The molecule has 0 aliphatic heterocycles. The molecule has 0 spiro atoms. The van der Waals surface area contributed by atoms with Gasteiger partial charge >= 0.3 is 0 Å². The van der Waals surface area contributed by atoms with Gasteiger partial charge in [0, 0.05) is 24.0 Å². The van der Waals surface area contributed by atoms with Crippen LogP contribution in [0.2, 0.25) is 0 Å². The zero-order valence-electron chi connectivity index (χ0n) is 9.87. The number of benzene rings is 1. The summed E-state index contributed by atoms with van der Waals surface area (Å²) in [4.78, 5) is 6.45. The van der Waals surface area contributed by atoms with Crippen LogP contribution in [-0.2, 0) is 6.61 Å². The summed E-state index contributed by atoms with van der Waals surface area (Å²) in [6, 6.07) is 13.8. The zero-order valence-corrected chi connectivity index (χ0v) is 9.87. The van der Waals surface area contributed by atoms with Crippen LogP contribution < -0.4 is 4.90 Å². The summed E-state index contributed by atoms with van der Waals surface area (Å²) in [6.45, 7) is 2.89. The molecule has 0 aliphatic carbocycles. The molecule has 1 aromatic heterocycles. The van der Waals surface area contributed by atoms with Crippen LogP contribution in [0.15, 0.2) is 48.7 Å². The van der Waals surface area contributed by atoms with Gasteiger partial charge in [0.25, 0.3) is 0 Å². The minimum Gasteiger partial charge on any atom is -0.392 e. The monoisotopic (exact) mass is 228 g/mol. The highest BCUT2D eigenvalue weighted by Gasteiger charge is 2.11. The number of hydrogen-bond acceptors (Lipinski definition) is 3. The molecule has 0 atom stereocenters. The lowest BCUT2D eigenvalue weighted by Crippen LogP contribution is -2.19. The van der Waals surface area contributed by atoms with E-state index in [2.05, 4.69) is 16.8 Å². The standard InChI is InChI=1S/C14H16N2O/c1-2-16(13-8-4-3-5-9-13)14-12(11-17)7-6-10-15-14/h3-10,17H,2,11H2,1H3. The van der Waals surface area contributed by atoms with Gasteiger partial charge in [0.05, 0.1) is 6.61 Å². The number of rotatable bonds is 4. The highest BCUT2D eigenvalue weighted by atomic mass is 16.3. The highest BCUT2D eigenvalue weighted by molar-refractivity contribution is 5.62. The third kappa shape index (κ3) is 2.45. The fourth-order valence-corrected chi connectivity index (χ4v) is 1.86. The fourth-order valence-electron chi connectivity index (χ4n) is 1.86. The van der Waals surface area contributed by atoms with E-state index < -0.39 is 0 Å². The van der Waals surface area contributed by atoms with E-state index in [4.69, 9.17) is 0 Å². The second-order valence-electron chi connectivity index (χ2n) is 3.72. The highest BCUT2D eigenvalue weighted by Crippen LogP contribution is 2.25. The van der Waals surface area contributed by atoms with Crippen LogP contribution >= 0.6 is 0 Å². The van der Waals surface area contributed by atoms with Crippen LogP contribution in [0.25, 0.3) is 0 Å². The quantitative estimate of drug-likeness (QED) is 0.874. The molecular formula is C14H16N2O. The number of aliphatic hydroxyl groups excluding tert-OH is 1. The number of para-hydroxylation sites is 1. The van der Waals surface area contributed by atoms with E-state index in [0.29, 0.717) is 0 Å². The first kappa shape index (κ1) is 11.6. The molecule has 88 valence electrons. The van der Waals surface area contributed by atoms with E-state index in [1.807, 2.05) is 42.5 Å². The summed E-state index contributed by atoms with van der Waals surface area (Å²) < 4.78 is 0. The molecule has 1 aromatic carbocycles. The van der Waals surface area contributed by atoms with Crippen LogP contribution in [0.5, 0.6) is 0 Å². The maximum atomic E-state index is 9.34. The number of pyridine rings is 1. The van der Waals surface area contributed by atoms with E-state index in [-0.39, 0.29) is 6.61 Å². The van der Waals surface area contributed by atoms with E-state index in [1.165, 1.54) is 0 Å². The Balaban J connectivity index is 2.42. The Labute approximate surface area is 101 Å². The lowest BCUT2D eigenvalue weighted by molar-refractivity contribution is 0.282. The normalized spacial score (nSPS) is 10.2. The van der Waals surface area contributed by atoms with Crippen LogP contribution in [0.4, 0.5) is 11.5 Å². The average Bonchev–Trinajstić information content (AvgIpc) is 2.41. The molecule has 3 nitrogen and oxygen atoms in total. The van der Waals surface area contributed by atoms with Crippen molar-refractivity contribution in [1.29, 1.82) is 0 Å². The van der Waals surface area contributed by atoms with Gasteiger partial charge < -0.3 is 10.0 Å². The van der Waals surface area contributed by atoms with Gasteiger partial charge in [0.1, 0.15) is 5.82 Å². The topological polar surface area (TPSA) is 36.4 Å². The van der Waals surface area contributed by atoms with E-state index in [9.17, 15) is 5.11 Å². The fraction of sp³-hybridized carbons (Fsp3) is 0.214. The number of hydrogen-bond donors (Lipinski definition) is 1. The Morgan fingerprint density at radius 2 is 1.88 bits per heavy atom. The lowest BCUT2D eigenvalue weighted by atomic mass is 10.2.